The molecule has 0 amide bonds. The van der Waals surface area contributed by atoms with E-state index in [-0.39, 0.29) is 5.97 Å². The van der Waals surface area contributed by atoms with E-state index in [1.807, 2.05) is 25.1 Å². The summed E-state index contributed by atoms with van der Waals surface area (Å²) in [6.07, 6.45) is 0.347. The molecule has 0 radical (unpaired) electrons. The standard InChI is InChI=1S/C23H24O2S/c1-4-23(24)25-26(20-8-6-5-7-9-20,21-14-10-18(2)11-15-21)22-16-12-19(3)13-17-22/h5-17H,4H2,1-3H3. The summed E-state index contributed by atoms with van der Waals surface area (Å²) in [6.45, 7) is 5.96. The molecule has 0 unspecified atom stereocenters. The summed E-state index contributed by atoms with van der Waals surface area (Å²) >= 11 is 0. The first-order valence-corrected chi connectivity index (χ1v) is 10.4. The summed E-state index contributed by atoms with van der Waals surface area (Å²) in [4.78, 5) is 15.6. The Bertz CT molecular complexity index is 823. The van der Waals surface area contributed by atoms with E-state index < -0.39 is 10.3 Å². The molecular weight excluding hydrogens is 340 g/mol. The van der Waals surface area contributed by atoms with E-state index in [0.29, 0.717) is 6.42 Å². The van der Waals surface area contributed by atoms with E-state index in [1.165, 1.54) is 11.1 Å². The van der Waals surface area contributed by atoms with Gasteiger partial charge in [-0.2, -0.15) is 0 Å². The molecule has 0 bridgehead atoms. The van der Waals surface area contributed by atoms with Crippen LogP contribution in [0.5, 0.6) is 0 Å². The minimum absolute atomic E-state index is 0.190. The van der Waals surface area contributed by atoms with Crippen molar-refractivity contribution < 1.29 is 8.98 Å². The van der Waals surface area contributed by atoms with Crippen LogP contribution >= 0.6 is 10.3 Å². The first kappa shape index (κ1) is 18.3. The highest BCUT2D eigenvalue weighted by atomic mass is 32.3. The van der Waals surface area contributed by atoms with Crippen LogP contribution in [0.1, 0.15) is 24.5 Å². The zero-order chi connectivity index (χ0) is 18.6. The van der Waals surface area contributed by atoms with Gasteiger partial charge in [0.15, 0.2) is 0 Å². The van der Waals surface area contributed by atoms with E-state index in [9.17, 15) is 4.79 Å². The van der Waals surface area contributed by atoms with E-state index in [0.717, 1.165) is 14.7 Å². The Kier molecular flexibility index (Phi) is 5.48. The third-order valence-corrected chi connectivity index (χ3v) is 7.53. The number of benzene rings is 3. The Labute approximate surface area is 157 Å². The summed E-state index contributed by atoms with van der Waals surface area (Å²) in [5.41, 5.74) is 2.36. The van der Waals surface area contributed by atoms with Gasteiger partial charge in [0.05, 0.1) is 0 Å². The maximum atomic E-state index is 12.5. The number of hydrogen-bond donors (Lipinski definition) is 0. The fourth-order valence-electron chi connectivity index (χ4n) is 2.82. The van der Waals surface area contributed by atoms with Crippen molar-refractivity contribution >= 4 is 16.3 Å². The predicted octanol–water partition coefficient (Wildman–Crippen LogP) is 6.45. The molecule has 2 nitrogen and oxygen atoms in total. The Morgan fingerprint density at radius 1 is 0.731 bits per heavy atom. The second kappa shape index (κ2) is 7.79. The van der Waals surface area contributed by atoms with Gasteiger partial charge in [-0.3, -0.25) is 4.79 Å². The Morgan fingerprint density at radius 2 is 1.15 bits per heavy atom. The third-order valence-electron chi connectivity index (χ3n) is 4.29. The van der Waals surface area contributed by atoms with Crippen molar-refractivity contribution in [1.82, 2.24) is 0 Å². The van der Waals surface area contributed by atoms with Gasteiger partial charge in [0.1, 0.15) is 0 Å². The number of hydrogen-bond acceptors (Lipinski definition) is 2. The van der Waals surface area contributed by atoms with Gasteiger partial charge in [0, 0.05) is 21.1 Å². The lowest BCUT2D eigenvalue weighted by atomic mass is 10.2. The van der Waals surface area contributed by atoms with Crippen molar-refractivity contribution in [2.24, 2.45) is 0 Å². The fraction of sp³-hybridized carbons (Fsp3) is 0.174. The number of aryl methyl sites for hydroxylation is 2. The van der Waals surface area contributed by atoms with Crippen LogP contribution in [0.2, 0.25) is 0 Å². The SMILES string of the molecule is CCC(=O)OS(c1ccccc1)(c1ccc(C)cc1)c1ccc(C)cc1. The maximum Gasteiger partial charge on any atom is 0.316 e. The van der Waals surface area contributed by atoms with Crippen LogP contribution in [0.25, 0.3) is 0 Å². The zero-order valence-electron chi connectivity index (χ0n) is 15.4. The van der Waals surface area contributed by atoms with Gasteiger partial charge in [0.2, 0.25) is 0 Å². The van der Waals surface area contributed by atoms with Gasteiger partial charge in [-0.1, -0.05) is 60.5 Å². The highest BCUT2D eigenvalue weighted by molar-refractivity contribution is 8.30. The highest BCUT2D eigenvalue weighted by Gasteiger charge is 2.35. The lowest BCUT2D eigenvalue weighted by molar-refractivity contribution is -0.133. The van der Waals surface area contributed by atoms with Crippen molar-refractivity contribution in [3.63, 3.8) is 0 Å². The number of carbonyl (C=O) groups excluding carboxylic acids is 1. The molecule has 0 aromatic heterocycles. The van der Waals surface area contributed by atoms with Crippen molar-refractivity contribution in [3.8, 4) is 0 Å². The second-order valence-corrected chi connectivity index (χ2v) is 9.00. The third kappa shape index (κ3) is 3.54. The Morgan fingerprint density at radius 3 is 1.58 bits per heavy atom. The monoisotopic (exact) mass is 364 g/mol. The fourth-order valence-corrected chi connectivity index (χ4v) is 5.90. The zero-order valence-corrected chi connectivity index (χ0v) is 16.3. The lowest BCUT2D eigenvalue weighted by Gasteiger charge is -2.39. The molecular formula is C23H24O2S. The minimum atomic E-state index is -2.13. The summed E-state index contributed by atoms with van der Waals surface area (Å²) in [7, 11) is -2.13. The normalized spacial score (nSPS) is 11.8. The predicted molar refractivity (Wildman–Crippen MR) is 108 cm³/mol. The van der Waals surface area contributed by atoms with Gasteiger partial charge in [0.25, 0.3) is 0 Å². The minimum Gasteiger partial charge on any atom is -0.402 e. The van der Waals surface area contributed by atoms with E-state index >= 15 is 0 Å². The molecule has 0 spiro atoms. The summed E-state index contributed by atoms with van der Waals surface area (Å²) in [5.74, 6) is -0.190. The Hall–Kier alpha value is -2.52. The molecule has 0 saturated heterocycles. The Balaban J connectivity index is 2.31. The molecule has 0 aliphatic rings. The van der Waals surface area contributed by atoms with Crippen LogP contribution in [0.4, 0.5) is 0 Å². The first-order valence-electron chi connectivity index (χ1n) is 8.80. The molecule has 0 heterocycles. The number of carbonyl (C=O) groups is 1. The van der Waals surface area contributed by atoms with Crippen LogP contribution in [0.3, 0.4) is 0 Å². The van der Waals surface area contributed by atoms with Crippen LogP contribution in [0, 0.1) is 13.8 Å². The van der Waals surface area contributed by atoms with Crippen molar-refractivity contribution in [1.29, 1.82) is 0 Å². The molecule has 3 aromatic carbocycles. The molecule has 3 rings (SSSR count). The molecule has 3 heteroatoms. The van der Waals surface area contributed by atoms with Crippen molar-refractivity contribution in [3.05, 3.63) is 90.0 Å². The van der Waals surface area contributed by atoms with Gasteiger partial charge in [-0.25, -0.2) is 0 Å². The molecule has 0 N–H and O–H groups in total. The van der Waals surface area contributed by atoms with Crippen LogP contribution < -0.4 is 0 Å². The molecule has 3 aromatic rings. The van der Waals surface area contributed by atoms with E-state index in [4.69, 9.17) is 4.18 Å². The van der Waals surface area contributed by atoms with Gasteiger partial charge >= 0.3 is 5.97 Å². The molecule has 0 aliphatic carbocycles. The molecule has 134 valence electrons. The topological polar surface area (TPSA) is 26.3 Å². The van der Waals surface area contributed by atoms with E-state index in [2.05, 4.69) is 74.5 Å². The van der Waals surface area contributed by atoms with Crippen LogP contribution in [-0.2, 0) is 8.98 Å². The van der Waals surface area contributed by atoms with Crippen molar-refractivity contribution in [2.45, 2.75) is 41.9 Å². The molecule has 26 heavy (non-hydrogen) atoms. The highest BCUT2D eigenvalue weighted by Crippen LogP contribution is 2.69. The smallest absolute Gasteiger partial charge is 0.316 e. The average Bonchev–Trinajstić information content (AvgIpc) is 2.68. The van der Waals surface area contributed by atoms with Crippen LogP contribution in [0.15, 0.2) is 93.5 Å². The van der Waals surface area contributed by atoms with E-state index in [1.54, 1.807) is 0 Å². The summed E-state index contributed by atoms with van der Waals surface area (Å²) in [5, 5.41) is 0. The molecule has 0 aliphatic heterocycles. The van der Waals surface area contributed by atoms with Gasteiger partial charge in [-0.15, -0.1) is 0 Å². The maximum absolute atomic E-state index is 12.5. The quantitative estimate of drug-likeness (QED) is 0.520. The van der Waals surface area contributed by atoms with Gasteiger partial charge < -0.3 is 4.18 Å². The van der Waals surface area contributed by atoms with Crippen molar-refractivity contribution in [2.75, 3.05) is 0 Å². The average molecular weight is 365 g/mol. The molecule has 0 atom stereocenters. The van der Waals surface area contributed by atoms with Gasteiger partial charge in [-0.05, 0) is 60.6 Å². The first-order chi connectivity index (χ1) is 12.6. The number of rotatable bonds is 5. The largest absolute Gasteiger partial charge is 0.402 e. The second-order valence-electron chi connectivity index (χ2n) is 6.30. The van der Waals surface area contributed by atoms with Crippen LogP contribution in [-0.4, -0.2) is 5.97 Å². The lowest BCUT2D eigenvalue weighted by Crippen LogP contribution is -2.13. The summed E-state index contributed by atoms with van der Waals surface area (Å²) < 4.78 is 6.27. The molecule has 0 fully saturated rings. The summed E-state index contributed by atoms with van der Waals surface area (Å²) in [6, 6.07) is 26.7. The molecule has 0 saturated carbocycles.